The Kier molecular flexibility index (Phi) is 5.64. The van der Waals surface area contributed by atoms with Crippen LogP contribution in [0.3, 0.4) is 0 Å². The summed E-state index contributed by atoms with van der Waals surface area (Å²) < 4.78 is 5.45. The maximum absolute atomic E-state index is 8.75. The molecule has 2 nitrogen and oxygen atoms in total. The van der Waals surface area contributed by atoms with E-state index in [1.54, 1.807) is 0 Å². The molecule has 0 rings (SSSR count). The van der Waals surface area contributed by atoms with E-state index in [9.17, 15) is 0 Å². The van der Waals surface area contributed by atoms with Crippen LogP contribution in [0.2, 0.25) is 0 Å². The summed E-state index contributed by atoms with van der Waals surface area (Å²) in [5, 5.41) is 8.75. The number of rotatable bonds is 5. The van der Waals surface area contributed by atoms with Crippen LogP contribution in [0.5, 0.6) is 0 Å². The third-order valence-corrected chi connectivity index (χ3v) is 1.66. The summed E-state index contributed by atoms with van der Waals surface area (Å²) in [6.45, 7) is 6.26. The first kappa shape index (κ1) is 9.92. The summed E-state index contributed by atoms with van der Waals surface area (Å²) in [5.41, 5.74) is 0. The molecule has 0 aliphatic heterocycles. The fourth-order valence-corrected chi connectivity index (χ4v) is 0.693. The summed E-state index contributed by atoms with van der Waals surface area (Å²) in [6.07, 6.45) is 2.21. The molecular formula is C8H18O2. The van der Waals surface area contributed by atoms with Gasteiger partial charge < -0.3 is 9.84 Å². The Labute approximate surface area is 63.2 Å². The second kappa shape index (κ2) is 5.69. The van der Waals surface area contributed by atoms with Crippen molar-refractivity contribution in [1.29, 1.82) is 0 Å². The largest absolute Gasteiger partial charge is 0.394 e. The van der Waals surface area contributed by atoms with Crippen molar-refractivity contribution in [3.8, 4) is 0 Å². The molecule has 10 heavy (non-hydrogen) atoms. The molecule has 0 saturated carbocycles. The smallest absolute Gasteiger partial charge is 0.0806 e. The molecule has 1 N–H and O–H groups in total. The lowest BCUT2D eigenvalue weighted by molar-refractivity contribution is -0.0335. The van der Waals surface area contributed by atoms with Gasteiger partial charge in [0.15, 0.2) is 0 Å². The molecule has 0 aliphatic rings. The lowest BCUT2D eigenvalue weighted by atomic mass is 10.2. The summed E-state index contributed by atoms with van der Waals surface area (Å²) in [6, 6.07) is 0. The van der Waals surface area contributed by atoms with Gasteiger partial charge in [-0.05, 0) is 19.8 Å². The minimum Gasteiger partial charge on any atom is -0.394 e. The van der Waals surface area contributed by atoms with E-state index in [1.807, 2.05) is 13.8 Å². The van der Waals surface area contributed by atoms with Crippen LogP contribution in [0, 0.1) is 0 Å². The van der Waals surface area contributed by atoms with Gasteiger partial charge in [0.25, 0.3) is 0 Å². The minimum absolute atomic E-state index is 0.0370. The zero-order valence-corrected chi connectivity index (χ0v) is 7.13. The highest BCUT2D eigenvalue weighted by molar-refractivity contribution is 4.55. The lowest BCUT2D eigenvalue weighted by Crippen LogP contribution is -2.21. The molecular weight excluding hydrogens is 128 g/mol. The second-order valence-corrected chi connectivity index (χ2v) is 2.57. The molecule has 0 aromatic carbocycles. The van der Waals surface area contributed by atoms with Crippen molar-refractivity contribution in [3.63, 3.8) is 0 Å². The Bertz CT molecular complexity index is 69.7. The summed E-state index contributed by atoms with van der Waals surface area (Å²) in [5.74, 6) is 0. The molecule has 0 spiro atoms. The maximum atomic E-state index is 8.75. The van der Waals surface area contributed by atoms with E-state index < -0.39 is 0 Å². The Morgan fingerprint density at radius 2 is 1.90 bits per heavy atom. The molecule has 0 amide bonds. The average molecular weight is 146 g/mol. The predicted molar refractivity (Wildman–Crippen MR) is 42.0 cm³/mol. The first-order valence-electron chi connectivity index (χ1n) is 4.00. The van der Waals surface area contributed by atoms with Gasteiger partial charge in [-0.3, -0.25) is 0 Å². The monoisotopic (exact) mass is 146 g/mol. The predicted octanol–water partition coefficient (Wildman–Crippen LogP) is 1.57. The van der Waals surface area contributed by atoms with E-state index in [4.69, 9.17) is 9.84 Å². The second-order valence-electron chi connectivity index (χ2n) is 2.57. The molecule has 2 heteroatoms. The zero-order chi connectivity index (χ0) is 7.98. The number of hydrogen-bond acceptors (Lipinski definition) is 2. The maximum Gasteiger partial charge on any atom is 0.0806 e. The summed E-state index contributed by atoms with van der Waals surface area (Å²) >= 11 is 0. The fourth-order valence-electron chi connectivity index (χ4n) is 0.693. The lowest BCUT2D eigenvalue weighted by Gasteiger charge is -2.17. The van der Waals surface area contributed by atoms with Gasteiger partial charge in [0.2, 0.25) is 0 Å². The van der Waals surface area contributed by atoms with Gasteiger partial charge in [0.1, 0.15) is 0 Å². The number of ether oxygens (including phenoxy) is 1. The molecule has 0 radical (unpaired) electrons. The van der Waals surface area contributed by atoms with Crippen LogP contribution in [0.15, 0.2) is 0 Å². The van der Waals surface area contributed by atoms with E-state index in [0.29, 0.717) is 0 Å². The van der Waals surface area contributed by atoms with Crippen molar-refractivity contribution < 1.29 is 9.84 Å². The van der Waals surface area contributed by atoms with E-state index in [-0.39, 0.29) is 18.8 Å². The van der Waals surface area contributed by atoms with E-state index in [1.165, 1.54) is 0 Å². The van der Waals surface area contributed by atoms with Crippen molar-refractivity contribution in [2.75, 3.05) is 6.61 Å². The first-order valence-corrected chi connectivity index (χ1v) is 4.00. The van der Waals surface area contributed by atoms with Crippen molar-refractivity contribution >= 4 is 0 Å². The van der Waals surface area contributed by atoms with Crippen molar-refractivity contribution in [1.82, 2.24) is 0 Å². The van der Waals surface area contributed by atoms with Crippen LogP contribution in [-0.4, -0.2) is 23.9 Å². The molecule has 2 atom stereocenters. The molecule has 0 fully saturated rings. The van der Waals surface area contributed by atoms with Crippen LogP contribution >= 0.6 is 0 Å². The van der Waals surface area contributed by atoms with Gasteiger partial charge in [-0.15, -0.1) is 0 Å². The highest BCUT2D eigenvalue weighted by atomic mass is 16.5. The molecule has 0 aromatic heterocycles. The molecule has 62 valence electrons. The molecule has 0 aliphatic carbocycles. The summed E-state index contributed by atoms with van der Waals surface area (Å²) in [7, 11) is 0. The first-order chi connectivity index (χ1) is 4.74. The molecule has 0 saturated heterocycles. The normalized spacial score (nSPS) is 16.8. The quantitative estimate of drug-likeness (QED) is 0.638. The van der Waals surface area contributed by atoms with Gasteiger partial charge in [0.05, 0.1) is 18.8 Å². The van der Waals surface area contributed by atoms with E-state index in [0.717, 1.165) is 12.8 Å². The van der Waals surface area contributed by atoms with Gasteiger partial charge in [0, 0.05) is 0 Å². The van der Waals surface area contributed by atoms with Crippen LogP contribution in [0.4, 0.5) is 0 Å². The van der Waals surface area contributed by atoms with Crippen molar-refractivity contribution in [3.05, 3.63) is 0 Å². The molecule has 0 bridgehead atoms. The molecule has 0 aromatic rings. The topological polar surface area (TPSA) is 29.5 Å². The minimum atomic E-state index is 0.0370. The van der Waals surface area contributed by atoms with Crippen LogP contribution in [-0.2, 0) is 4.74 Å². The van der Waals surface area contributed by atoms with Crippen LogP contribution < -0.4 is 0 Å². The van der Waals surface area contributed by atoms with Crippen molar-refractivity contribution in [2.45, 2.75) is 45.8 Å². The van der Waals surface area contributed by atoms with Crippen LogP contribution in [0.25, 0.3) is 0 Å². The van der Waals surface area contributed by atoms with Crippen LogP contribution in [0.1, 0.15) is 33.6 Å². The standard InChI is InChI=1S/C8H18O2/c1-4-7(3)10-8(5-2)6-9/h7-9H,4-6H2,1-3H3. The zero-order valence-electron chi connectivity index (χ0n) is 7.13. The van der Waals surface area contributed by atoms with Gasteiger partial charge in [-0.1, -0.05) is 13.8 Å². The Morgan fingerprint density at radius 3 is 2.20 bits per heavy atom. The summed E-state index contributed by atoms with van der Waals surface area (Å²) in [4.78, 5) is 0. The fraction of sp³-hybridized carbons (Fsp3) is 1.00. The Balaban J connectivity index is 3.41. The Hall–Kier alpha value is -0.0800. The van der Waals surface area contributed by atoms with Gasteiger partial charge >= 0.3 is 0 Å². The Morgan fingerprint density at radius 1 is 1.30 bits per heavy atom. The van der Waals surface area contributed by atoms with Gasteiger partial charge in [-0.2, -0.15) is 0 Å². The molecule has 0 heterocycles. The van der Waals surface area contributed by atoms with E-state index >= 15 is 0 Å². The SMILES string of the molecule is CCC(C)OC(CC)CO. The third kappa shape index (κ3) is 3.85. The van der Waals surface area contributed by atoms with Gasteiger partial charge in [-0.25, -0.2) is 0 Å². The molecule has 2 unspecified atom stereocenters. The number of aliphatic hydroxyl groups is 1. The van der Waals surface area contributed by atoms with E-state index in [2.05, 4.69) is 6.92 Å². The number of aliphatic hydroxyl groups excluding tert-OH is 1. The average Bonchev–Trinajstić information content (AvgIpc) is 1.99. The van der Waals surface area contributed by atoms with Crippen molar-refractivity contribution in [2.24, 2.45) is 0 Å². The highest BCUT2D eigenvalue weighted by Crippen LogP contribution is 2.03. The number of hydrogen-bond donors (Lipinski definition) is 1. The third-order valence-electron chi connectivity index (χ3n) is 1.66. The highest BCUT2D eigenvalue weighted by Gasteiger charge is 2.07.